The maximum Gasteiger partial charge on any atom is 0.416 e. The summed E-state index contributed by atoms with van der Waals surface area (Å²) in [6.07, 6.45) is -3.79. The molecule has 2 rings (SSSR count). The summed E-state index contributed by atoms with van der Waals surface area (Å²) in [5.74, 6) is -1.62. The molecule has 0 fully saturated rings. The van der Waals surface area contributed by atoms with Gasteiger partial charge in [0.2, 0.25) is 0 Å². The van der Waals surface area contributed by atoms with Crippen LogP contribution < -0.4 is 5.32 Å². The van der Waals surface area contributed by atoms with Crippen LogP contribution in [-0.2, 0) is 11.0 Å². The summed E-state index contributed by atoms with van der Waals surface area (Å²) >= 11 is 0. The fourth-order valence-electron chi connectivity index (χ4n) is 1.72. The van der Waals surface area contributed by atoms with Gasteiger partial charge in [0.1, 0.15) is 5.83 Å². The number of carbonyl (C=O) groups excluding carboxylic acids is 1. The maximum absolute atomic E-state index is 13.8. The number of para-hydroxylation sites is 1. The van der Waals surface area contributed by atoms with Crippen molar-refractivity contribution in [2.45, 2.75) is 6.18 Å². The minimum atomic E-state index is -4.48. The van der Waals surface area contributed by atoms with Crippen LogP contribution in [0, 0.1) is 0 Å². The van der Waals surface area contributed by atoms with E-state index in [1.165, 1.54) is 0 Å². The lowest BCUT2D eigenvalue weighted by atomic mass is 10.1. The zero-order valence-electron chi connectivity index (χ0n) is 11.2. The Bertz CT molecular complexity index is 676. The van der Waals surface area contributed by atoms with E-state index in [9.17, 15) is 22.4 Å². The van der Waals surface area contributed by atoms with Gasteiger partial charge in [0.25, 0.3) is 5.91 Å². The summed E-state index contributed by atoms with van der Waals surface area (Å²) in [6, 6.07) is 11.9. The van der Waals surface area contributed by atoms with Gasteiger partial charge in [-0.05, 0) is 24.3 Å². The van der Waals surface area contributed by atoms with Crippen molar-refractivity contribution in [1.82, 2.24) is 0 Å². The number of rotatable bonds is 3. The second-order valence-electron chi connectivity index (χ2n) is 4.42. The van der Waals surface area contributed by atoms with Gasteiger partial charge in [-0.15, -0.1) is 0 Å². The number of alkyl halides is 3. The second kappa shape index (κ2) is 6.43. The van der Waals surface area contributed by atoms with Crippen LogP contribution in [0.2, 0.25) is 0 Å². The SMILES string of the molecule is O=C(/C=C(/F)c1ccc(C(F)(F)F)cc1)Nc1ccccc1. The summed E-state index contributed by atoms with van der Waals surface area (Å²) in [6.45, 7) is 0. The molecule has 0 heterocycles. The van der Waals surface area contributed by atoms with Gasteiger partial charge in [0, 0.05) is 17.3 Å². The Kier molecular flexibility index (Phi) is 4.60. The highest BCUT2D eigenvalue weighted by Gasteiger charge is 2.30. The summed E-state index contributed by atoms with van der Waals surface area (Å²) in [7, 11) is 0. The van der Waals surface area contributed by atoms with Crippen molar-refractivity contribution in [3.8, 4) is 0 Å². The fraction of sp³-hybridized carbons (Fsp3) is 0.0625. The van der Waals surface area contributed by atoms with E-state index >= 15 is 0 Å². The van der Waals surface area contributed by atoms with Crippen LogP contribution in [0.25, 0.3) is 5.83 Å². The van der Waals surface area contributed by atoms with Crippen molar-refractivity contribution < 1.29 is 22.4 Å². The Hall–Kier alpha value is -2.63. The molecule has 0 atom stereocenters. The molecule has 0 saturated carbocycles. The standard InChI is InChI=1S/C16H11F4NO/c17-14(10-15(22)21-13-4-2-1-3-5-13)11-6-8-12(9-7-11)16(18,19)20/h1-10H,(H,21,22)/b14-10+. The molecule has 0 aliphatic heterocycles. The summed E-state index contributed by atoms with van der Waals surface area (Å²) < 4.78 is 51.0. The number of benzene rings is 2. The number of halogens is 4. The van der Waals surface area contributed by atoms with Gasteiger partial charge >= 0.3 is 6.18 Å². The lowest BCUT2D eigenvalue weighted by Gasteiger charge is -2.07. The molecule has 0 bridgehead atoms. The van der Waals surface area contributed by atoms with Gasteiger partial charge in [0.15, 0.2) is 0 Å². The molecular weight excluding hydrogens is 298 g/mol. The Balaban J connectivity index is 2.10. The van der Waals surface area contributed by atoms with Gasteiger partial charge in [-0.1, -0.05) is 30.3 Å². The number of carbonyl (C=O) groups is 1. The van der Waals surface area contributed by atoms with E-state index < -0.39 is 23.5 Å². The molecule has 1 N–H and O–H groups in total. The molecule has 0 spiro atoms. The fourth-order valence-corrected chi connectivity index (χ4v) is 1.72. The van der Waals surface area contributed by atoms with Gasteiger partial charge in [-0.3, -0.25) is 4.79 Å². The van der Waals surface area contributed by atoms with Crippen LogP contribution in [0.5, 0.6) is 0 Å². The van der Waals surface area contributed by atoms with E-state index in [-0.39, 0.29) is 5.56 Å². The molecule has 0 radical (unpaired) electrons. The largest absolute Gasteiger partial charge is 0.416 e. The first-order valence-electron chi connectivity index (χ1n) is 6.27. The van der Waals surface area contributed by atoms with Crippen LogP contribution in [-0.4, -0.2) is 5.91 Å². The maximum atomic E-state index is 13.8. The lowest BCUT2D eigenvalue weighted by Crippen LogP contribution is -2.08. The number of anilines is 1. The van der Waals surface area contributed by atoms with E-state index in [1.54, 1.807) is 30.3 Å². The van der Waals surface area contributed by atoms with Crippen LogP contribution in [0.4, 0.5) is 23.2 Å². The van der Waals surface area contributed by atoms with Crippen LogP contribution >= 0.6 is 0 Å². The Morgan fingerprint density at radius 3 is 2.09 bits per heavy atom. The monoisotopic (exact) mass is 309 g/mol. The van der Waals surface area contributed by atoms with E-state index in [0.29, 0.717) is 11.8 Å². The second-order valence-corrected chi connectivity index (χ2v) is 4.42. The quantitative estimate of drug-likeness (QED) is 0.648. The van der Waals surface area contributed by atoms with Crippen molar-refractivity contribution in [2.75, 3.05) is 5.32 Å². The zero-order chi connectivity index (χ0) is 16.2. The molecule has 2 nitrogen and oxygen atoms in total. The van der Waals surface area contributed by atoms with Crippen LogP contribution in [0.3, 0.4) is 0 Å². The van der Waals surface area contributed by atoms with Gasteiger partial charge in [0.05, 0.1) is 5.56 Å². The number of hydrogen-bond donors (Lipinski definition) is 1. The third-order valence-electron chi connectivity index (χ3n) is 2.79. The van der Waals surface area contributed by atoms with Crippen molar-refractivity contribution in [3.05, 3.63) is 71.8 Å². The van der Waals surface area contributed by atoms with E-state index in [0.717, 1.165) is 24.3 Å². The molecule has 0 aromatic heterocycles. The number of hydrogen-bond acceptors (Lipinski definition) is 1. The minimum absolute atomic E-state index is 0.101. The molecule has 114 valence electrons. The molecular formula is C16H11F4NO. The smallest absolute Gasteiger partial charge is 0.322 e. The molecule has 0 unspecified atom stereocenters. The first-order valence-corrected chi connectivity index (χ1v) is 6.27. The molecule has 0 aliphatic carbocycles. The lowest BCUT2D eigenvalue weighted by molar-refractivity contribution is -0.137. The first kappa shape index (κ1) is 15.8. The highest BCUT2D eigenvalue weighted by molar-refractivity contribution is 6.03. The van der Waals surface area contributed by atoms with Gasteiger partial charge in [-0.25, -0.2) is 4.39 Å². The minimum Gasteiger partial charge on any atom is -0.322 e. The summed E-state index contributed by atoms with van der Waals surface area (Å²) in [4.78, 5) is 11.6. The Morgan fingerprint density at radius 2 is 1.55 bits per heavy atom. The average molecular weight is 309 g/mol. The van der Waals surface area contributed by atoms with Crippen LogP contribution in [0.1, 0.15) is 11.1 Å². The molecule has 2 aromatic rings. The highest BCUT2D eigenvalue weighted by atomic mass is 19.4. The van der Waals surface area contributed by atoms with Crippen molar-refractivity contribution in [1.29, 1.82) is 0 Å². The Labute approximate surface area is 124 Å². The van der Waals surface area contributed by atoms with Crippen molar-refractivity contribution in [3.63, 3.8) is 0 Å². The van der Waals surface area contributed by atoms with Gasteiger partial charge < -0.3 is 5.32 Å². The number of amides is 1. The average Bonchev–Trinajstić information content (AvgIpc) is 2.47. The normalized spacial score (nSPS) is 12.1. The summed E-state index contributed by atoms with van der Waals surface area (Å²) in [5, 5.41) is 2.44. The predicted molar refractivity (Wildman–Crippen MR) is 75.6 cm³/mol. The van der Waals surface area contributed by atoms with E-state index in [1.807, 2.05) is 0 Å². The molecule has 0 aliphatic rings. The highest BCUT2D eigenvalue weighted by Crippen LogP contribution is 2.30. The topological polar surface area (TPSA) is 29.1 Å². The first-order chi connectivity index (χ1) is 10.4. The zero-order valence-corrected chi connectivity index (χ0v) is 11.2. The molecule has 2 aromatic carbocycles. The molecule has 1 amide bonds. The molecule has 0 saturated heterocycles. The van der Waals surface area contributed by atoms with Crippen LogP contribution in [0.15, 0.2) is 60.7 Å². The van der Waals surface area contributed by atoms with Crippen molar-refractivity contribution >= 4 is 17.4 Å². The third kappa shape index (κ3) is 4.18. The molecule has 6 heteroatoms. The molecule has 22 heavy (non-hydrogen) atoms. The summed E-state index contributed by atoms with van der Waals surface area (Å²) in [5.41, 5.74) is -0.488. The van der Waals surface area contributed by atoms with Crippen molar-refractivity contribution in [2.24, 2.45) is 0 Å². The van der Waals surface area contributed by atoms with E-state index in [4.69, 9.17) is 0 Å². The Morgan fingerprint density at radius 1 is 0.955 bits per heavy atom. The van der Waals surface area contributed by atoms with E-state index in [2.05, 4.69) is 5.32 Å². The third-order valence-corrected chi connectivity index (χ3v) is 2.79. The van der Waals surface area contributed by atoms with Gasteiger partial charge in [-0.2, -0.15) is 13.2 Å². The predicted octanol–water partition coefficient (Wildman–Crippen LogP) is 4.65. The number of nitrogens with one attached hydrogen (secondary N) is 1.